The van der Waals surface area contributed by atoms with Crippen molar-refractivity contribution in [3.63, 3.8) is 0 Å². The molecule has 0 spiro atoms. The van der Waals surface area contributed by atoms with E-state index in [0.29, 0.717) is 17.3 Å². The minimum absolute atomic E-state index is 0.0582. The van der Waals surface area contributed by atoms with Gasteiger partial charge in [-0.1, -0.05) is 5.92 Å². The van der Waals surface area contributed by atoms with Gasteiger partial charge < -0.3 is 9.47 Å². The first-order valence-corrected chi connectivity index (χ1v) is 9.20. The van der Waals surface area contributed by atoms with Gasteiger partial charge in [-0.05, 0) is 43.0 Å². The maximum absolute atomic E-state index is 13.2. The van der Waals surface area contributed by atoms with Crippen LogP contribution in [0.3, 0.4) is 0 Å². The highest BCUT2D eigenvalue weighted by Crippen LogP contribution is 2.37. The second-order valence-corrected chi connectivity index (χ2v) is 7.22. The van der Waals surface area contributed by atoms with Crippen molar-refractivity contribution in [2.24, 2.45) is 0 Å². The van der Waals surface area contributed by atoms with E-state index in [0.717, 1.165) is 40.6 Å². The Hall–Kier alpha value is -2.78. The second-order valence-electron chi connectivity index (χ2n) is 6.14. The van der Waals surface area contributed by atoms with Crippen LogP contribution in [0.2, 0.25) is 0 Å². The highest BCUT2D eigenvalue weighted by molar-refractivity contribution is 7.18. The summed E-state index contributed by atoms with van der Waals surface area (Å²) in [4.78, 5) is 20.1. The van der Waals surface area contributed by atoms with Gasteiger partial charge in [0.05, 0.1) is 26.2 Å². The third-order valence-electron chi connectivity index (χ3n) is 4.72. The van der Waals surface area contributed by atoms with E-state index in [4.69, 9.17) is 20.9 Å². The van der Waals surface area contributed by atoms with Gasteiger partial charge in [0.25, 0.3) is 5.56 Å². The molecule has 6 heteroatoms. The molecular weight excluding hydrogens is 348 g/mol. The molecule has 0 bridgehead atoms. The van der Waals surface area contributed by atoms with Crippen LogP contribution in [0.4, 0.5) is 0 Å². The highest BCUT2D eigenvalue weighted by atomic mass is 32.1. The molecule has 0 aliphatic heterocycles. The number of nitrogens with zero attached hydrogens (tertiary/aromatic N) is 2. The fraction of sp³-hybridized carbons (Fsp3) is 0.300. The number of benzene rings is 1. The van der Waals surface area contributed by atoms with Gasteiger partial charge in [0.15, 0.2) is 11.5 Å². The van der Waals surface area contributed by atoms with Gasteiger partial charge in [-0.2, -0.15) is 0 Å². The van der Waals surface area contributed by atoms with E-state index in [1.165, 1.54) is 4.88 Å². The minimum Gasteiger partial charge on any atom is -0.493 e. The summed E-state index contributed by atoms with van der Waals surface area (Å²) < 4.78 is 12.3. The van der Waals surface area contributed by atoms with Crippen molar-refractivity contribution in [1.82, 2.24) is 9.55 Å². The zero-order chi connectivity index (χ0) is 18.3. The first-order chi connectivity index (χ1) is 12.7. The van der Waals surface area contributed by atoms with E-state index >= 15 is 0 Å². The number of hydrogen-bond donors (Lipinski definition) is 0. The lowest BCUT2D eigenvalue weighted by atomic mass is 10.1. The average molecular weight is 366 g/mol. The molecule has 2 heterocycles. The SMILES string of the molecule is C#CCn1c(-c2ccc(OC)c(OC)c2)nc2sc3c(c2c1=O)CCC3. The molecule has 0 N–H and O–H groups in total. The lowest BCUT2D eigenvalue weighted by Crippen LogP contribution is -2.23. The molecule has 5 nitrogen and oxygen atoms in total. The van der Waals surface area contributed by atoms with E-state index < -0.39 is 0 Å². The molecule has 1 aromatic carbocycles. The van der Waals surface area contributed by atoms with Gasteiger partial charge in [0, 0.05) is 10.4 Å². The molecule has 0 saturated heterocycles. The number of rotatable bonds is 4. The summed E-state index contributed by atoms with van der Waals surface area (Å²) in [6, 6.07) is 5.49. The van der Waals surface area contributed by atoms with Crippen molar-refractivity contribution in [1.29, 1.82) is 0 Å². The van der Waals surface area contributed by atoms with Gasteiger partial charge in [-0.15, -0.1) is 17.8 Å². The summed E-state index contributed by atoms with van der Waals surface area (Å²) >= 11 is 1.62. The quantitative estimate of drug-likeness (QED) is 0.665. The Morgan fingerprint density at radius 3 is 2.81 bits per heavy atom. The second kappa shape index (κ2) is 6.50. The number of aryl methyl sites for hydroxylation is 2. The van der Waals surface area contributed by atoms with E-state index in [-0.39, 0.29) is 12.1 Å². The molecule has 4 rings (SSSR count). The van der Waals surface area contributed by atoms with E-state index in [1.54, 1.807) is 36.2 Å². The maximum Gasteiger partial charge on any atom is 0.263 e. The Labute approximate surface area is 155 Å². The maximum atomic E-state index is 13.2. The van der Waals surface area contributed by atoms with Crippen molar-refractivity contribution >= 4 is 21.6 Å². The van der Waals surface area contributed by atoms with Crippen LogP contribution >= 0.6 is 11.3 Å². The monoisotopic (exact) mass is 366 g/mol. The Balaban J connectivity index is 1.99. The lowest BCUT2D eigenvalue weighted by molar-refractivity contribution is 0.355. The normalized spacial score (nSPS) is 12.8. The molecule has 0 saturated carbocycles. The van der Waals surface area contributed by atoms with Gasteiger partial charge in [0.1, 0.15) is 10.7 Å². The Bertz CT molecular complexity index is 1100. The molecule has 0 amide bonds. The summed E-state index contributed by atoms with van der Waals surface area (Å²) in [5.74, 6) is 4.34. The number of fused-ring (bicyclic) bond motifs is 3. The molecule has 2 aromatic heterocycles. The fourth-order valence-corrected chi connectivity index (χ4v) is 4.76. The van der Waals surface area contributed by atoms with Crippen LogP contribution in [0, 0.1) is 12.3 Å². The molecule has 0 unspecified atom stereocenters. The number of methoxy groups -OCH3 is 2. The zero-order valence-electron chi connectivity index (χ0n) is 14.7. The molecule has 1 aliphatic carbocycles. The lowest BCUT2D eigenvalue weighted by Gasteiger charge is -2.13. The van der Waals surface area contributed by atoms with Gasteiger partial charge in [0.2, 0.25) is 0 Å². The van der Waals surface area contributed by atoms with Crippen LogP contribution in [0.1, 0.15) is 16.9 Å². The summed E-state index contributed by atoms with van der Waals surface area (Å²) in [5.41, 5.74) is 1.87. The Morgan fingerprint density at radius 2 is 2.08 bits per heavy atom. The summed E-state index contributed by atoms with van der Waals surface area (Å²) in [6.45, 7) is 0.177. The predicted octanol–water partition coefficient (Wildman–Crippen LogP) is 3.26. The number of aromatic nitrogens is 2. The van der Waals surface area contributed by atoms with Crippen LogP contribution in [0.25, 0.3) is 21.6 Å². The molecule has 132 valence electrons. The van der Waals surface area contributed by atoms with Gasteiger partial charge >= 0.3 is 0 Å². The van der Waals surface area contributed by atoms with E-state index in [1.807, 2.05) is 12.1 Å². The summed E-state index contributed by atoms with van der Waals surface area (Å²) in [5, 5.41) is 0.738. The first-order valence-electron chi connectivity index (χ1n) is 8.39. The number of thiophene rings is 1. The fourth-order valence-electron chi connectivity index (χ4n) is 3.51. The van der Waals surface area contributed by atoms with Crippen LogP contribution < -0.4 is 15.0 Å². The van der Waals surface area contributed by atoms with Gasteiger partial charge in [-0.3, -0.25) is 9.36 Å². The minimum atomic E-state index is -0.0582. The standard InChI is InChI=1S/C20H18N2O3S/c1-4-10-22-18(12-8-9-14(24-2)15(11-12)25-3)21-19-17(20(22)23)13-6-5-7-16(13)26-19/h1,8-9,11H,5-7,10H2,2-3H3. The van der Waals surface area contributed by atoms with Crippen molar-refractivity contribution in [2.75, 3.05) is 14.2 Å². The molecule has 1 aliphatic rings. The predicted molar refractivity (Wildman–Crippen MR) is 103 cm³/mol. The van der Waals surface area contributed by atoms with Crippen molar-refractivity contribution in [3.05, 3.63) is 39.0 Å². The number of terminal acetylenes is 1. The van der Waals surface area contributed by atoms with E-state index in [9.17, 15) is 4.79 Å². The van der Waals surface area contributed by atoms with Crippen molar-refractivity contribution < 1.29 is 9.47 Å². The van der Waals surface area contributed by atoms with Crippen molar-refractivity contribution in [3.8, 4) is 35.2 Å². The van der Waals surface area contributed by atoms with Crippen LogP contribution in [0.5, 0.6) is 11.5 Å². The average Bonchev–Trinajstić information content (AvgIpc) is 3.24. The van der Waals surface area contributed by atoms with Crippen LogP contribution in [0.15, 0.2) is 23.0 Å². The van der Waals surface area contributed by atoms with E-state index in [2.05, 4.69) is 5.92 Å². The topological polar surface area (TPSA) is 53.4 Å². The summed E-state index contributed by atoms with van der Waals surface area (Å²) in [6.07, 6.45) is 8.60. The Kier molecular flexibility index (Phi) is 4.17. The Morgan fingerprint density at radius 1 is 1.27 bits per heavy atom. The largest absolute Gasteiger partial charge is 0.493 e. The molecular formula is C20H18N2O3S. The third-order valence-corrected chi connectivity index (χ3v) is 5.90. The molecule has 3 aromatic rings. The smallest absolute Gasteiger partial charge is 0.263 e. The first kappa shape index (κ1) is 16.7. The molecule has 0 radical (unpaired) electrons. The van der Waals surface area contributed by atoms with Crippen LogP contribution in [-0.4, -0.2) is 23.8 Å². The summed E-state index contributed by atoms with van der Waals surface area (Å²) in [7, 11) is 3.17. The van der Waals surface area contributed by atoms with Gasteiger partial charge in [-0.25, -0.2) is 4.98 Å². The van der Waals surface area contributed by atoms with Crippen molar-refractivity contribution in [2.45, 2.75) is 25.8 Å². The molecule has 0 fully saturated rings. The molecule has 0 atom stereocenters. The number of ether oxygens (including phenoxy) is 2. The zero-order valence-corrected chi connectivity index (χ0v) is 15.5. The highest BCUT2D eigenvalue weighted by Gasteiger charge is 2.23. The third kappa shape index (κ3) is 2.47. The number of hydrogen-bond acceptors (Lipinski definition) is 5. The molecule has 26 heavy (non-hydrogen) atoms. The van der Waals surface area contributed by atoms with Crippen LogP contribution in [-0.2, 0) is 19.4 Å².